The fourth-order valence-corrected chi connectivity index (χ4v) is 4.39. The largest absolute Gasteiger partial charge is 0.240 e. The zero-order chi connectivity index (χ0) is 16.1. The molecule has 0 amide bonds. The fourth-order valence-electron chi connectivity index (χ4n) is 3.07. The predicted molar refractivity (Wildman–Crippen MR) is 82.1 cm³/mol. The van der Waals surface area contributed by atoms with Crippen molar-refractivity contribution in [2.75, 3.05) is 6.54 Å². The molecule has 0 unspecified atom stereocenters. The van der Waals surface area contributed by atoms with Crippen molar-refractivity contribution in [3.05, 3.63) is 29.3 Å². The SMILES string of the molecule is Cc1ccc(C#N)cc1S(=O)(=O)NCC1C(C)(C)C1(C)C. The van der Waals surface area contributed by atoms with Gasteiger partial charge in [-0.1, -0.05) is 33.8 Å². The summed E-state index contributed by atoms with van der Waals surface area (Å²) in [6, 6.07) is 6.70. The van der Waals surface area contributed by atoms with E-state index in [0.717, 1.165) is 0 Å². The van der Waals surface area contributed by atoms with E-state index in [2.05, 4.69) is 32.4 Å². The lowest BCUT2D eigenvalue weighted by atomic mass is 10.0. The Bertz CT molecular complexity index is 698. The molecule has 1 saturated carbocycles. The average molecular weight is 306 g/mol. The summed E-state index contributed by atoms with van der Waals surface area (Å²) in [5.74, 6) is 0.319. The highest BCUT2D eigenvalue weighted by Gasteiger charge is 2.64. The Kier molecular flexibility index (Phi) is 3.67. The third-order valence-electron chi connectivity index (χ3n) is 5.40. The summed E-state index contributed by atoms with van der Waals surface area (Å²) in [4.78, 5) is 0.192. The Labute approximate surface area is 127 Å². The van der Waals surface area contributed by atoms with Gasteiger partial charge in [0.1, 0.15) is 0 Å². The Hall–Kier alpha value is -1.38. The third-order valence-corrected chi connectivity index (χ3v) is 6.97. The van der Waals surface area contributed by atoms with Gasteiger partial charge in [-0.05, 0) is 41.4 Å². The second kappa shape index (κ2) is 4.82. The number of sulfonamides is 1. The topological polar surface area (TPSA) is 70.0 Å². The molecular weight excluding hydrogens is 284 g/mol. The van der Waals surface area contributed by atoms with Crippen molar-refractivity contribution in [1.29, 1.82) is 5.26 Å². The second-order valence-corrected chi connectivity index (χ2v) is 8.68. The first kappa shape index (κ1) is 16.0. The molecule has 4 nitrogen and oxygen atoms in total. The summed E-state index contributed by atoms with van der Waals surface area (Å²) >= 11 is 0. The van der Waals surface area contributed by atoms with Gasteiger partial charge >= 0.3 is 0 Å². The zero-order valence-electron chi connectivity index (χ0n) is 13.2. The lowest BCUT2D eigenvalue weighted by Crippen LogP contribution is -2.28. The fraction of sp³-hybridized carbons (Fsp3) is 0.562. The molecule has 2 rings (SSSR count). The lowest BCUT2D eigenvalue weighted by molar-refractivity contribution is 0.457. The Morgan fingerprint density at radius 3 is 2.29 bits per heavy atom. The monoisotopic (exact) mass is 306 g/mol. The van der Waals surface area contributed by atoms with Gasteiger partial charge in [-0.25, -0.2) is 13.1 Å². The predicted octanol–water partition coefficient (Wildman–Crippen LogP) is 2.83. The van der Waals surface area contributed by atoms with Gasteiger partial charge in [0.2, 0.25) is 10.0 Å². The first-order valence-corrected chi connectivity index (χ1v) is 8.53. The van der Waals surface area contributed by atoms with Gasteiger partial charge in [-0.3, -0.25) is 0 Å². The van der Waals surface area contributed by atoms with Gasteiger partial charge in [0.15, 0.2) is 0 Å². The molecule has 1 N–H and O–H groups in total. The van der Waals surface area contributed by atoms with E-state index in [1.165, 1.54) is 6.07 Å². The van der Waals surface area contributed by atoms with Crippen molar-refractivity contribution < 1.29 is 8.42 Å². The normalized spacial score (nSPS) is 20.0. The summed E-state index contributed by atoms with van der Waals surface area (Å²) in [7, 11) is -3.58. The van der Waals surface area contributed by atoms with Crippen LogP contribution in [0.5, 0.6) is 0 Å². The first-order valence-electron chi connectivity index (χ1n) is 7.04. The maximum atomic E-state index is 12.5. The van der Waals surface area contributed by atoms with Crippen molar-refractivity contribution in [2.24, 2.45) is 16.7 Å². The molecule has 0 spiro atoms. The zero-order valence-corrected chi connectivity index (χ0v) is 14.0. The first-order chi connectivity index (χ1) is 9.54. The molecule has 1 aliphatic carbocycles. The maximum absolute atomic E-state index is 12.5. The van der Waals surface area contributed by atoms with Crippen LogP contribution in [0, 0.1) is 35.0 Å². The number of nitriles is 1. The van der Waals surface area contributed by atoms with Crippen LogP contribution in [-0.4, -0.2) is 15.0 Å². The molecule has 114 valence electrons. The molecule has 0 aromatic heterocycles. The summed E-state index contributed by atoms with van der Waals surface area (Å²) in [5.41, 5.74) is 1.28. The number of aryl methyl sites for hydroxylation is 1. The summed E-state index contributed by atoms with van der Waals surface area (Å²) in [5, 5.41) is 8.92. The third kappa shape index (κ3) is 2.58. The van der Waals surface area contributed by atoms with E-state index in [1.807, 2.05) is 6.07 Å². The molecule has 21 heavy (non-hydrogen) atoms. The lowest BCUT2D eigenvalue weighted by Gasteiger charge is -2.10. The highest BCUT2D eigenvalue weighted by Crippen LogP contribution is 2.67. The minimum absolute atomic E-state index is 0.138. The Balaban J connectivity index is 2.20. The number of nitrogens with zero attached hydrogens (tertiary/aromatic N) is 1. The van der Waals surface area contributed by atoms with Gasteiger partial charge in [-0.15, -0.1) is 0 Å². The number of nitrogens with one attached hydrogen (secondary N) is 1. The van der Waals surface area contributed by atoms with E-state index in [4.69, 9.17) is 5.26 Å². The molecule has 0 radical (unpaired) electrons. The standard InChI is InChI=1S/C16H22N2O2S/c1-11-6-7-12(9-17)8-13(11)21(19,20)18-10-14-15(2,3)16(14,4)5/h6-8,14,18H,10H2,1-5H3. The van der Waals surface area contributed by atoms with Crippen LogP contribution in [0.2, 0.25) is 0 Å². The minimum Gasteiger partial charge on any atom is -0.211 e. The van der Waals surface area contributed by atoms with E-state index in [0.29, 0.717) is 23.6 Å². The van der Waals surface area contributed by atoms with Crippen molar-refractivity contribution in [2.45, 2.75) is 39.5 Å². The van der Waals surface area contributed by atoms with Crippen LogP contribution in [0.3, 0.4) is 0 Å². The molecule has 0 atom stereocenters. The Morgan fingerprint density at radius 1 is 1.24 bits per heavy atom. The van der Waals surface area contributed by atoms with E-state index < -0.39 is 10.0 Å². The van der Waals surface area contributed by atoms with Gasteiger partial charge in [0, 0.05) is 6.54 Å². The van der Waals surface area contributed by atoms with Crippen LogP contribution in [0.1, 0.15) is 38.8 Å². The van der Waals surface area contributed by atoms with Crippen LogP contribution in [-0.2, 0) is 10.0 Å². The molecule has 1 aromatic carbocycles. The highest BCUT2D eigenvalue weighted by atomic mass is 32.2. The van der Waals surface area contributed by atoms with E-state index >= 15 is 0 Å². The molecular formula is C16H22N2O2S. The summed E-state index contributed by atoms with van der Waals surface area (Å²) < 4.78 is 27.6. The van der Waals surface area contributed by atoms with E-state index in [-0.39, 0.29) is 15.7 Å². The van der Waals surface area contributed by atoms with E-state index in [9.17, 15) is 8.42 Å². The molecule has 5 heteroatoms. The number of hydrogen-bond acceptors (Lipinski definition) is 3. The molecule has 0 bridgehead atoms. The molecule has 1 fully saturated rings. The van der Waals surface area contributed by atoms with Gasteiger partial charge < -0.3 is 0 Å². The van der Waals surface area contributed by atoms with Crippen molar-refractivity contribution in [3.8, 4) is 6.07 Å². The summed E-state index contributed by atoms with van der Waals surface area (Å²) in [6.45, 7) is 10.8. The molecule has 1 aliphatic rings. The van der Waals surface area contributed by atoms with Crippen LogP contribution in [0.4, 0.5) is 0 Å². The number of benzene rings is 1. The van der Waals surface area contributed by atoms with Gasteiger partial charge in [-0.2, -0.15) is 5.26 Å². The van der Waals surface area contributed by atoms with Crippen molar-refractivity contribution >= 4 is 10.0 Å². The smallest absolute Gasteiger partial charge is 0.211 e. The van der Waals surface area contributed by atoms with Crippen molar-refractivity contribution in [3.63, 3.8) is 0 Å². The van der Waals surface area contributed by atoms with Crippen LogP contribution in [0.25, 0.3) is 0 Å². The second-order valence-electron chi connectivity index (χ2n) is 6.94. The van der Waals surface area contributed by atoms with Gasteiger partial charge in [0.05, 0.1) is 16.5 Å². The number of hydrogen-bond donors (Lipinski definition) is 1. The van der Waals surface area contributed by atoms with E-state index in [1.54, 1.807) is 19.1 Å². The molecule has 0 aliphatic heterocycles. The van der Waals surface area contributed by atoms with Gasteiger partial charge in [0.25, 0.3) is 0 Å². The average Bonchev–Trinajstić information content (AvgIpc) is 2.77. The Morgan fingerprint density at radius 2 is 1.81 bits per heavy atom. The minimum atomic E-state index is -3.58. The number of rotatable bonds is 4. The quantitative estimate of drug-likeness (QED) is 0.930. The van der Waals surface area contributed by atoms with Crippen LogP contribution in [0.15, 0.2) is 23.1 Å². The highest BCUT2D eigenvalue weighted by molar-refractivity contribution is 7.89. The molecule has 0 heterocycles. The van der Waals surface area contributed by atoms with Crippen LogP contribution >= 0.6 is 0 Å². The van der Waals surface area contributed by atoms with Crippen LogP contribution < -0.4 is 4.72 Å². The molecule has 0 saturated heterocycles. The molecule has 1 aromatic rings. The maximum Gasteiger partial charge on any atom is 0.240 e. The van der Waals surface area contributed by atoms with Crippen molar-refractivity contribution in [1.82, 2.24) is 4.72 Å². The summed E-state index contributed by atoms with van der Waals surface area (Å²) in [6.07, 6.45) is 0.